The van der Waals surface area contributed by atoms with Crippen LogP contribution in [0.5, 0.6) is 11.5 Å². The summed E-state index contributed by atoms with van der Waals surface area (Å²) in [5.41, 5.74) is 3.41. The van der Waals surface area contributed by atoms with Crippen molar-refractivity contribution in [2.75, 3.05) is 14.2 Å². The topological polar surface area (TPSA) is 18.5 Å². The van der Waals surface area contributed by atoms with Crippen LogP contribution in [0.15, 0.2) is 60.7 Å². The molecule has 0 N–H and O–H groups in total. The second-order valence-corrected chi connectivity index (χ2v) is 4.77. The third-order valence-electron chi connectivity index (χ3n) is 3.33. The first-order valence-corrected chi connectivity index (χ1v) is 7.23. The first kappa shape index (κ1) is 15.9. The SMILES string of the molecule is [CH2]CC=CC=Cc1ccc(-c2ccc(OC)c(OC)c2)cc1. The minimum atomic E-state index is 0.738. The number of ether oxygens (including phenoxy) is 2. The second kappa shape index (κ2) is 8.08. The summed E-state index contributed by atoms with van der Waals surface area (Å²) in [4.78, 5) is 0. The Balaban J connectivity index is 2.20. The van der Waals surface area contributed by atoms with Gasteiger partial charge in [0.25, 0.3) is 0 Å². The molecule has 0 saturated heterocycles. The minimum absolute atomic E-state index is 0.738. The zero-order valence-electron chi connectivity index (χ0n) is 13.1. The predicted octanol–water partition coefficient (Wildman–Crippen LogP) is 5.16. The van der Waals surface area contributed by atoms with Crippen LogP contribution in [0.2, 0.25) is 0 Å². The largest absolute Gasteiger partial charge is 0.493 e. The van der Waals surface area contributed by atoms with Gasteiger partial charge in [0.1, 0.15) is 0 Å². The van der Waals surface area contributed by atoms with Gasteiger partial charge in [-0.2, -0.15) is 0 Å². The maximum atomic E-state index is 5.35. The Hall–Kier alpha value is -2.48. The van der Waals surface area contributed by atoms with E-state index in [9.17, 15) is 0 Å². The molecule has 2 nitrogen and oxygen atoms in total. The van der Waals surface area contributed by atoms with Crippen molar-refractivity contribution >= 4 is 6.08 Å². The maximum absolute atomic E-state index is 5.35. The summed E-state index contributed by atoms with van der Waals surface area (Å²) in [6, 6.07) is 14.3. The molecule has 2 aromatic carbocycles. The van der Waals surface area contributed by atoms with Gasteiger partial charge in [-0.1, -0.05) is 54.6 Å². The summed E-state index contributed by atoms with van der Waals surface area (Å²) in [6.45, 7) is 3.76. The van der Waals surface area contributed by atoms with Crippen molar-refractivity contribution in [2.45, 2.75) is 6.42 Å². The van der Waals surface area contributed by atoms with Gasteiger partial charge < -0.3 is 9.47 Å². The van der Waals surface area contributed by atoms with E-state index in [0.717, 1.165) is 34.6 Å². The molecule has 2 rings (SSSR count). The van der Waals surface area contributed by atoms with Crippen molar-refractivity contribution in [3.8, 4) is 22.6 Å². The lowest BCUT2D eigenvalue weighted by Crippen LogP contribution is -1.90. The monoisotopic (exact) mass is 293 g/mol. The molecule has 0 unspecified atom stereocenters. The van der Waals surface area contributed by atoms with E-state index in [1.807, 2.05) is 36.4 Å². The average molecular weight is 293 g/mol. The fourth-order valence-electron chi connectivity index (χ4n) is 2.14. The highest BCUT2D eigenvalue weighted by atomic mass is 16.5. The fraction of sp³-hybridized carbons (Fsp3) is 0.150. The molecule has 1 radical (unpaired) electrons. The van der Waals surface area contributed by atoms with Gasteiger partial charge in [-0.05, 0) is 42.2 Å². The van der Waals surface area contributed by atoms with Crippen LogP contribution in [0.1, 0.15) is 12.0 Å². The van der Waals surface area contributed by atoms with Gasteiger partial charge in [-0.3, -0.25) is 0 Å². The normalized spacial score (nSPS) is 11.2. The highest BCUT2D eigenvalue weighted by Gasteiger charge is 2.05. The lowest BCUT2D eigenvalue weighted by molar-refractivity contribution is 0.355. The smallest absolute Gasteiger partial charge is 0.161 e. The van der Waals surface area contributed by atoms with Crippen molar-refractivity contribution in [1.29, 1.82) is 0 Å². The third kappa shape index (κ3) is 4.01. The molecule has 22 heavy (non-hydrogen) atoms. The summed E-state index contributed by atoms with van der Waals surface area (Å²) in [7, 11) is 3.29. The Bertz CT molecular complexity index is 652. The quantitative estimate of drug-likeness (QED) is 0.684. The Morgan fingerprint density at radius 2 is 1.55 bits per heavy atom. The predicted molar refractivity (Wildman–Crippen MR) is 93.1 cm³/mol. The van der Waals surface area contributed by atoms with E-state index in [-0.39, 0.29) is 0 Å². The first-order valence-electron chi connectivity index (χ1n) is 7.23. The van der Waals surface area contributed by atoms with Crippen LogP contribution in [0.4, 0.5) is 0 Å². The molecule has 0 fully saturated rings. The van der Waals surface area contributed by atoms with Gasteiger partial charge in [0.05, 0.1) is 14.2 Å². The van der Waals surface area contributed by atoms with Crippen molar-refractivity contribution in [1.82, 2.24) is 0 Å². The minimum Gasteiger partial charge on any atom is -0.493 e. The molecule has 113 valence electrons. The number of hydrogen-bond acceptors (Lipinski definition) is 2. The van der Waals surface area contributed by atoms with E-state index in [1.54, 1.807) is 14.2 Å². The summed E-state index contributed by atoms with van der Waals surface area (Å²) in [5.74, 6) is 1.48. The van der Waals surface area contributed by atoms with Crippen LogP contribution in [-0.2, 0) is 0 Å². The molecule has 0 saturated carbocycles. The van der Waals surface area contributed by atoms with E-state index < -0.39 is 0 Å². The number of benzene rings is 2. The van der Waals surface area contributed by atoms with Gasteiger partial charge in [0.15, 0.2) is 11.5 Å². The number of hydrogen-bond donors (Lipinski definition) is 0. The first-order chi connectivity index (χ1) is 10.8. The molecule has 0 aliphatic carbocycles. The van der Waals surface area contributed by atoms with Crippen LogP contribution in [0, 0.1) is 6.92 Å². The Labute approximate surface area is 132 Å². The van der Waals surface area contributed by atoms with Gasteiger partial charge in [0.2, 0.25) is 0 Å². The standard InChI is InChI=1S/C20H21O2/c1-4-5-6-7-8-16-9-11-17(12-10-16)18-13-14-19(21-2)20(15-18)22-3/h5-15H,1,4H2,2-3H3. The van der Waals surface area contributed by atoms with Gasteiger partial charge in [-0.25, -0.2) is 0 Å². The molecule has 0 aliphatic heterocycles. The zero-order valence-corrected chi connectivity index (χ0v) is 13.1. The molecule has 0 aromatic heterocycles. The molecule has 0 atom stereocenters. The lowest BCUT2D eigenvalue weighted by Gasteiger charge is -2.09. The van der Waals surface area contributed by atoms with Gasteiger partial charge >= 0.3 is 0 Å². The van der Waals surface area contributed by atoms with Crippen LogP contribution in [-0.4, -0.2) is 14.2 Å². The molecular formula is C20H21O2. The highest BCUT2D eigenvalue weighted by Crippen LogP contribution is 2.32. The maximum Gasteiger partial charge on any atom is 0.161 e. The number of rotatable bonds is 6. The van der Waals surface area contributed by atoms with Crippen LogP contribution < -0.4 is 9.47 Å². The molecule has 2 heteroatoms. The van der Waals surface area contributed by atoms with Crippen molar-refractivity contribution < 1.29 is 9.47 Å². The Morgan fingerprint density at radius 3 is 2.18 bits per heavy atom. The zero-order chi connectivity index (χ0) is 15.8. The molecule has 0 bridgehead atoms. The fourth-order valence-corrected chi connectivity index (χ4v) is 2.14. The van der Waals surface area contributed by atoms with Crippen LogP contribution >= 0.6 is 0 Å². The second-order valence-electron chi connectivity index (χ2n) is 4.77. The summed E-state index contributed by atoms with van der Waals surface area (Å²) >= 11 is 0. The molecule has 2 aromatic rings. The number of allylic oxidation sites excluding steroid dienone is 3. The summed E-state index contributed by atoms with van der Waals surface area (Å²) < 4.78 is 10.6. The van der Waals surface area contributed by atoms with Crippen molar-refractivity contribution in [3.05, 3.63) is 73.2 Å². The van der Waals surface area contributed by atoms with E-state index in [4.69, 9.17) is 9.47 Å². The number of methoxy groups -OCH3 is 2. The summed E-state index contributed by atoms with van der Waals surface area (Å²) in [6.07, 6.45) is 8.94. The average Bonchev–Trinajstić information content (AvgIpc) is 2.58. The lowest BCUT2D eigenvalue weighted by atomic mass is 10.0. The van der Waals surface area contributed by atoms with Gasteiger partial charge in [-0.15, -0.1) is 0 Å². The molecular weight excluding hydrogens is 272 g/mol. The molecule has 0 spiro atoms. The Kier molecular flexibility index (Phi) is 5.84. The highest BCUT2D eigenvalue weighted by molar-refractivity contribution is 5.68. The molecule has 0 heterocycles. The van der Waals surface area contributed by atoms with E-state index in [0.29, 0.717) is 0 Å². The van der Waals surface area contributed by atoms with E-state index in [1.165, 1.54) is 0 Å². The third-order valence-corrected chi connectivity index (χ3v) is 3.33. The van der Waals surface area contributed by atoms with Gasteiger partial charge in [0, 0.05) is 0 Å². The van der Waals surface area contributed by atoms with Crippen molar-refractivity contribution in [2.24, 2.45) is 0 Å². The van der Waals surface area contributed by atoms with Crippen LogP contribution in [0.3, 0.4) is 0 Å². The Morgan fingerprint density at radius 1 is 0.864 bits per heavy atom. The van der Waals surface area contributed by atoms with E-state index in [2.05, 4.69) is 37.3 Å². The van der Waals surface area contributed by atoms with Crippen molar-refractivity contribution in [3.63, 3.8) is 0 Å². The van der Waals surface area contributed by atoms with E-state index >= 15 is 0 Å². The summed E-state index contributed by atoms with van der Waals surface area (Å²) in [5, 5.41) is 0. The molecule has 0 amide bonds. The molecule has 0 aliphatic rings. The van der Waals surface area contributed by atoms with Crippen LogP contribution in [0.25, 0.3) is 17.2 Å².